The van der Waals surface area contributed by atoms with Crippen molar-refractivity contribution in [1.82, 2.24) is 0 Å². The van der Waals surface area contributed by atoms with E-state index < -0.39 is 12.1 Å². The van der Waals surface area contributed by atoms with Gasteiger partial charge in [-0.2, -0.15) is 0 Å². The maximum Gasteiger partial charge on any atom is 0.313 e. The number of carbonyl (C=O) groups excluding carboxylic acids is 2. The average molecular weight is 421 g/mol. The molecule has 0 aliphatic heterocycles. The molecule has 5 heteroatoms. The summed E-state index contributed by atoms with van der Waals surface area (Å²) in [6.07, 6.45) is 8.25. The highest BCUT2D eigenvalue weighted by atomic mass is 16.6. The summed E-state index contributed by atoms with van der Waals surface area (Å²) in [5, 5.41) is 9.99. The van der Waals surface area contributed by atoms with E-state index in [1.807, 2.05) is 6.92 Å². The Morgan fingerprint density at radius 1 is 1.07 bits per heavy atom. The Hall–Kier alpha value is -1.36. The summed E-state index contributed by atoms with van der Waals surface area (Å²) in [7, 11) is 0. The highest BCUT2D eigenvalue weighted by Crippen LogP contribution is 2.68. The van der Waals surface area contributed by atoms with Crippen molar-refractivity contribution in [2.45, 2.75) is 86.2 Å². The molecule has 0 radical (unpaired) electrons. The van der Waals surface area contributed by atoms with E-state index in [0.717, 1.165) is 24.8 Å². The fourth-order valence-electron chi connectivity index (χ4n) is 7.49. The van der Waals surface area contributed by atoms with Crippen molar-refractivity contribution in [3.05, 3.63) is 11.6 Å². The number of carbonyl (C=O) groups is 2. The minimum Gasteiger partial charge on any atom is -0.463 e. The molecule has 0 heterocycles. The lowest BCUT2D eigenvalue weighted by Crippen LogP contribution is -2.58. The molecule has 5 nitrogen and oxygen atoms in total. The van der Waals surface area contributed by atoms with E-state index >= 15 is 0 Å². The maximum atomic E-state index is 13.2. The van der Waals surface area contributed by atoms with Gasteiger partial charge in [-0.25, -0.2) is 0 Å². The molecular weight excluding hydrogens is 380 g/mol. The molecule has 2 saturated carbocycles. The van der Waals surface area contributed by atoms with E-state index in [4.69, 9.17) is 9.47 Å². The second-order valence-corrected chi connectivity index (χ2v) is 11.2. The van der Waals surface area contributed by atoms with Gasteiger partial charge >= 0.3 is 11.9 Å². The molecule has 6 atom stereocenters. The molecule has 0 spiro atoms. The zero-order valence-corrected chi connectivity index (χ0v) is 19.6. The highest BCUT2D eigenvalue weighted by molar-refractivity contribution is 5.77. The van der Waals surface area contributed by atoms with Crippen LogP contribution in [-0.2, 0) is 19.1 Å². The quantitative estimate of drug-likeness (QED) is 0.517. The number of allylic oxidation sites excluding steroid dienone is 1. The summed E-state index contributed by atoms with van der Waals surface area (Å²) in [6.45, 7) is 12.6. The predicted molar refractivity (Wildman–Crippen MR) is 116 cm³/mol. The van der Waals surface area contributed by atoms with E-state index in [1.165, 1.54) is 26.2 Å². The standard InChI is InChI=1S/C25H40O5/c1-16-8-9-20-24(5)12-7-11-23(3,4)19(24)10-13-25(20,6)21(16)22(28)30-15-18(27)14-29-17(2)26/h8,18-21,27H,7,9-15H2,1-6H3/t18-,19+,20?,21+,24+,25-/m0/s1. The van der Waals surface area contributed by atoms with Crippen LogP contribution in [0.25, 0.3) is 0 Å². The van der Waals surface area contributed by atoms with Gasteiger partial charge in [-0.1, -0.05) is 45.8 Å². The molecule has 0 bridgehead atoms. The molecule has 30 heavy (non-hydrogen) atoms. The maximum absolute atomic E-state index is 13.2. The lowest BCUT2D eigenvalue weighted by Gasteiger charge is -2.64. The molecule has 0 aromatic rings. The van der Waals surface area contributed by atoms with Crippen LogP contribution in [0.4, 0.5) is 0 Å². The van der Waals surface area contributed by atoms with Gasteiger partial charge in [-0.05, 0) is 67.1 Å². The Morgan fingerprint density at radius 2 is 1.73 bits per heavy atom. The summed E-state index contributed by atoms with van der Waals surface area (Å²) >= 11 is 0. The van der Waals surface area contributed by atoms with E-state index in [9.17, 15) is 14.7 Å². The van der Waals surface area contributed by atoms with Gasteiger partial charge in [0.2, 0.25) is 0 Å². The number of aliphatic hydroxyl groups excluding tert-OH is 1. The van der Waals surface area contributed by atoms with Crippen LogP contribution in [0.5, 0.6) is 0 Å². The first-order valence-corrected chi connectivity index (χ1v) is 11.6. The lowest BCUT2D eigenvalue weighted by atomic mass is 9.40. The average Bonchev–Trinajstić information content (AvgIpc) is 2.63. The van der Waals surface area contributed by atoms with E-state index in [0.29, 0.717) is 17.3 Å². The Bertz CT molecular complexity index is 710. The van der Waals surface area contributed by atoms with Crippen LogP contribution in [-0.4, -0.2) is 36.4 Å². The smallest absolute Gasteiger partial charge is 0.313 e. The first-order valence-electron chi connectivity index (χ1n) is 11.6. The highest BCUT2D eigenvalue weighted by Gasteiger charge is 2.62. The van der Waals surface area contributed by atoms with Gasteiger partial charge in [0, 0.05) is 6.92 Å². The number of esters is 2. The molecule has 170 valence electrons. The van der Waals surface area contributed by atoms with Gasteiger partial charge in [0.25, 0.3) is 0 Å². The number of rotatable bonds is 5. The molecule has 0 aromatic heterocycles. The molecule has 0 amide bonds. The second kappa shape index (κ2) is 8.29. The van der Waals surface area contributed by atoms with Gasteiger partial charge in [0.1, 0.15) is 19.3 Å². The Morgan fingerprint density at radius 3 is 2.40 bits per heavy atom. The van der Waals surface area contributed by atoms with Gasteiger partial charge in [-0.15, -0.1) is 0 Å². The molecule has 0 aromatic carbocycles. The summed E-state index contributed by atoms with van der Waals surface area (Å²) in [5.41, 5.74) is 1.54. The molecule has 3 aliphatic rings. The van der Waals surface area contributed by atoms with Crippen molar-refractivity contribution < 1.29 is 24.2 Å². The molecule has 0 saturated heterocycles. The minimum absolute atomic E-state index is 0.130. The number of ether oxygens (including phenoxy) is 2. The number of hydrogen-bond donors (Lipinski definition) is 1. The summed E-state index contributed by atoms with van der Waals surface area (Å²) in [4.78, 5) is 24.1. The van der Waals surface area contributed by atoms with Crippen molar-refractivity contribution in [2.24, 2.45) is 34.0 Å². The monoisotopic (exact) mass is 420 g/mol. The third-order valence-corrected chi connectivity index (χ3v) is 8.76. The van der Waals surface area contributed by atoms with Crippen LogP contribution in [0.1, 0.15) is 80.1 Å². The minimum atomic E-state index is -0.998. The van der Waals surface area contributed by atoms with Crippen molar-refractivity contribution >= 4 is 11.9 Å². The van der Waals surface area contributed by atoms with Crippen LogP contribution in [0, 0.1) is 34.0 Å². The topological polar surface area (TPSA) is 72.8 Å². The molecule has 3 rings (SSSR count). The summed E-state index contributed by atoms with van der Waals surface area (Å²) in [5.74, 6) is 0.151. The van der Waals surface area contributed by atoms with Crippen LogP contribution in [0.15, 0.2) is 11.6 Å². The fraction of sp³-hybridized carbons (Fsp3) is 0.840. The number of hydrogen-bond acceptors (Lipinski definition) is 5. The largest absolute Gasteiger partial charge is 0.463 e. The number of aliphatic hydroxyl groups is 1. The van der Waals surface area contributed by atoms with Gasteiger partial charge < -0.3 is 14.6 Å². The lowest BCUT2D eigenvalue weighted by molar-refractivity contribution is -0.174. The number of fused-ring (bicyclic) bond motifs is 3. The zero-order chi connectivity index (χ0) is 22.3. The summed E-state index contributed by atoms with van der Waals surface area (Å²) < 4.78 is 10.4. The van der Waals surface area contributed by atoms with Crippen molar-refractivity contribution in [3.63, 3.8) is 0 Å². The van der Waals surface area contributed by atoms with Gasteiger partial charge in [0.15, 0.2) is 0 Å². The van der Waals surface area contributed by atoms with Gasteiger partial charge in [0.05, 0.1) is 5.92 Å². The SMILES string of the molecule is CC(=O)OC[C@H](O)COC(=O)[C@H]1C(C)=CCC2[C@]1(C)CC[C@@H]1C(C)(C)CCC[C@@]21C. The van der Waals surface area contributed by atoms with E-state index in [-0.39, 0.29) is 35.9 Å². The Balaban J connectivity index is 1.78. The zero-order valence-electron chi connectivity index (χ0n) is 19.6. The molecule has 1 unspecified atom stereocenters. The normalized spacial score (nSPS) is 38.5. The van der Waals surface area contributed by atoms with Crippen LogP contribution in [0.2, 0.25) is 0 Å². The third kappa shape index (κ3) is 4.06. The van der Waals surface area contributed by atoms with Crippen LogP contribution in [0.3, 0.4) is 0 Å². The second-order valence-electron chi connectivity index (χ2n) is 11.2. The Labute approximate surface area is 181 Å². The van der Waals surface area contributed by atoms with Crippen molar-refractivity contribution in [1.29, 1.82) is 0 Å². The molecule has 1 N–H and O–H groups in total. The molecule has 3 aliphatic carbocycles. The fourth-order valence-corrected chi connectivity index (χ4v) is 7.49. The van der Waals surface area contributed by atoms with Crippen LogP contribution < -0.4 is 0 Å². The van der Waals surface area contributed by atoms with Gasteiger partial charge in [-0.3, -0.25) is 9.59 Å². The summed E-state index contributed by atoms with van der Waals surface area (Å²) in [6, 6.07) is 0. The van der Waals surface area contributed by atoms with Crippen molar-refractivity contribution in [2.75, 3.05) is 13.2 Å². The van der Waals surface area contributed by atoms with Crippen LogP contribution >= 0.6 is 0 Å². The first kappa shape index (κ1) is 23.3. The molecule has 2 fully saturated rings. The van der Waals surface area contributed by atoms with Crippen molar-refractivity contribution in [3.8, 4) is 0 Å². The van der Waals surface area contributed by atoms with E-state index in [2.05, 4.69) is 33.8 Å². The van der Waals surface area contributed by atoms with E-state index in [1.54, 1.807) is 0 Å². The Kier molecular flexibility index (Phi) is 6.44. The predicted octanol–water partition coefficient (Wildman–Crippen LogP) is 4.67. The first-order chi connectivity index (χ1) is 13.9. The molecular formula is C25H40O5. The third-order valence-electron chi connectivity index (χ3n) is 8.76.